The van der Waals surface area contributed by atoms with Gasteiger partial charge in [0, 0.05) is 32.2 Å². The fourth-order valence-corrected chi connectivity index (χ4v) is 1.83. The first kappa shape index (κ1) is 16.2. The summed E-state index contributed by atoms with van der Waals surface area (Å²) in [6, 6.07) is 3.28. The predicted molar refractivity (Wildman–Crippen MR) is 74.2 cm³/mol. The molecular weight excluding hydrogens is 260 g/mol. The molecule has 1 rings (SSSR count). The summed E-state index contributed by atoms with van der Waals surface area (Å²) in [6.07, 6.45) is 2.22. The van der Waals surface area contributed by atoms with Gasteiger partial charge in [-0.1, -0.05) is 0 Å². The van der Waals surface area contributed by atoms with Crippen LogP contribution in [0, 0.1) is 0 Å². The number of nitrogens with one attached hydrogen (secondary N) is 1. The maximum absolute atomic E-state index is 12.0. The largest absolute Gasteiger partial charge is 0.459 e. The molecule has 20 heavy (non-hydrogen) atoms. The minimum Gasteiger partial charge on any atom is -0.459 e. The average Bonchev–Trinajstić information content (AvgIpc) is 2.92. The van der Waals surface area contributed by atoms with Crippen molar-refractivity contribution >= 4 is 11.8 Å². The van der Waals surface area contributed by atoms with Crippen LogP contribution in [0.4, 0.5) is 0 Å². The van der Waals surface area contributed by atoms with Crippen LogP contribution in [0.2, 0.25) is 0 Å². The van der Waals surface area contributed by atoms with Crippen LogP contribution in [0.25, 0.3) is 0 Å². The molecule has 1 aromatic rings. The van der Waals surface area contributed by atoms with Crippen molar-refractivity contribution in [3.8, 4) is 0 Å². The number of rotatable bonds is 8. The summed E-state index contributed by atoms with van der Waals surface area (Å²) in [6.45, 7) is 4.71. The molecular formula is C14H22N2O4. The molecule has 0 saturated heterocycles. The molecule has 0 atom stereocenters. The van der Waals surface area contributed by atoms with Crippen LogP contribution in [-0.4, -0.2) is 47.6 Å². The summed E-state index contributed by atoms with van der Waals surface area (Å²) >= 11 is 0. The minimum atomic E-state index is -0.325. The fraction of sp³-hybridized carbons (Fsp3) is 0.571. The van der Waals surface area contributed by atoms with Gasteiger partial charge in [-0.15, -0.1) is 0 Å². The van der Waals surface area contributed by atoms with Gasteiger partial charge in [0.15, 0.2) is 5.76 Å². The van der Waals surface area contributed by atoms with Gasteiger partial charge in [0.2, 0.25) is 5.91 Å². The lowest BCUT2D eigenvalue weighted by molar-refractivity contribution is -0.132. The van der Waals surface area contributed by atoms with E-state index in [1.54, 1.807) is 17.0 Å². The summed E-state index contributed by atoms with van der Waals surface area (Å²) < 4.78 is 4.96. The number of nitrogens with zero attached hydrogens (tertiary/aromatic N) is 1. The lowest BCUT2D eigenvalue weighted by Crippen LogP contribution is -2.39. The maximum Gasteiger partial charge on any atom is 0.286 e. The molecule has 1 heterocycles. The van der Waals surface area contributed by atoms with Gasteiger partial charge in [0.1, 0.15) is 0 Å². The van der Waals surface area contributed by atoms with E-state index in [0.29, 0.717) is 13.0 Å². The molecule has 0 aliphatic heterocycles. The molecule has 0 spiro atoms. The summed E-state index contributed by atoms with van der Waals surface area (Å²) in [5.41, 5.74) is 0. The molecule has 0 bridgehead atoms. The van der Waals surface area contributed by atoms with Gasteiger partial charge in [-0.2, -0.15) is 0 Å². The predicted octanol–water partition coefficient (Wildman–Crippen LogP) is 1.02. The number of furan rings is 1. The second-order valence-corrected chi connectivity index (χ2v) is 4.74. The van der Waals surface area contributed by atoms with Gasteiger partial charge in [0.05, 0.1) is 6.26 Å². The Morgan fingerprint density at radius 3 is 2.75 bits per heavy atom. The van der Waals surface area contributed by atoms with Crippen LogP contribution in [0.3, 0.4) is 0 Å². The lowest BCUT2D eigenvalue weighted by atomic mass is 10.2. The minimum absolute atomic E-state index is 0.0341. The Balaban J connectivity index is 2.35. The molecule has 6 nitrogen and oxygen atoms in total. The Bertz CT molecular complexity index is 415. The highest BCUT2D eigenvalue weighted by atomic mass is 16.3. The van der Waals surface area contributed by atoms with E-state index in [-0.39, 0.29) is 43.2 Å². The van der Waals surface area contributed by atoms with Crippen molar-refractivity contribution in [2.45, 2.75) is 32.7 Å². The summed E-state index contributed by atoms with van der Waals surface area (Å²) in [7, 11) is 0. The first-order chi connectivity index (χ1) is 9.56. The third kappa shape index (κ3) is 5.05. The second-order valence-electron chi connectivity index (χ2n) is 4.74. The van der Waals surface area contributed by atoms with Crippen molar-refractivity contribution in [3.05, 3.63) is 24.2 Å². The molecule has 6 heteroatoms. The Labute approximate surface area is 118 Å². The van der Waals surface area contributed by atoms with Crippen LogP contribution in [-0.2, 0) is 4.79 Å². The summed E-state index contributed by atoms with van der Waals surface area (Å²) in [5.74, 6) is -0.124. The van der Waals surface area contributed by atoms with Crippen molar-refractivity contribution < 1.29 is 19.1 Å². The molecule has 0 aromatic carbocycles. The van der Waals surface area contributed by atoms with Gasteiger partial charge >= 0.3 is 0 Å². The Morgan fingerprint density at radius 2 is 2.20 bits per heavy atom. The van der Waals surface area contributed by atoms with E-state index >= 15 is 0 Å². The quantitative estimate of drug-likeness (QED) is 0.745. The van der Waals surface area contributed by atoms with Gasteiger partial charge in [0.25, 0.3) is 5.91 Å². The van der Waals surface area contributed by atoms with Crippen LogP contribution in [0.1, 0.15) is 37.2 Å². The van der Waals surface area contributed by atoms with E-state index in [9.17, 15) is 9.59 Å². The van der Waals surface area contributed by atoms with Crippen molar-refractivity contribution in [1.82, 2.24) is 10.2 Å². The van der Waals surface area contributed by atoms with E-state index in [1.807, 2.05) is 13.8 Å². The highest BCUT2D eigenvalue weighted by Crippen LogP contribution is 2.03. The first-order valence-corrected chi connectivity index (χ1v) is 6.78. The Hall–Kier alpha value is -1.82. The Kier molecular flexibility index (Phi) is 6.79. The van der Waals surface area contributed by atoms with Gasteiger partial charge < -0.3 is 19.7 Å². The molecule has 0 aliphatic rings. The zero-order valence-electron chi connectivity index (χ0n) is 12.0. The van der Waals surface area contributed by atoms with Crippen LogP contribution in [0.15, 0.2) is 22.8 Å². The van der Waals surface area contributed by atoms with E-state index in [2.05, 4.69) is 5.32 Å². The molecule has 0 unspecified atom stereocenters. The highest BCUT2D eigenvalue weighted by Gasteiger charge is 2.16. The zero-order valence-corrected chi connectivity index (χ0v) is 12.0. The number of hydrogen-bond acceptors (Lipinski definition) is 4. The van der Waals surface area contributed by atoms with E-state index < -0.39 is 0 Å². The van der Waals surface area contributed by atoms with Gasteiger partial charge in [-0.3, -0.25) is 9.59 Å². The smallest absolute Gasteiger partial charge is 0.286 e. The van der Waals surface area contributed by atoms with Crippen LogP contribution < -0.4 is 5.32 Å². The summed E-state index contributed by atoms with van der Waals surface area (Å²) in [5, 5.41) is 11.5. The van der Waals surface area contributed by atoms with Gasteiger partial charge in [-0.25, -0.2) is 0 Å². The number of aliphatic hydroxyl groups excluding tert-OH is 1. The van der Waals surface area contributed by atoms with E-state index in [4.69, 9.17) is 9.52 Å². The molecule has 1 aromatic heterocycles. The number of hydrogen-bond donors (Lipinski definition) is 2. The SMILES string of the molecule is CC(C)N(CCCO)C(=O)CCNC(=O)c1ccco1. The maximum atomic E-state index is 12.0. The van der Waals surface area contributed by atoms with Gasteiger partial charge in [-0.05, 0) is 32.4 Å². The topological polar surface area (TPSA) is 82.8 Å². The molecule has 0 saturated carbocycles. The van der Waals surface area contributed by atoms with E-state index in [1.165, 1.54) is 6.26 Å². The molecule has 0 fully saturated rings. The third-order valence-corrected chi connectivity index (χ3v) is 2.87. The van der Waals surface area contributed by atoms with Crippen molar-refractivity contribution in [2.24, 2.45) is 0 Å². The number of amides is 2. The van der Waals surface area contributed by atoms with Crippen molar-refractivity contribution in [2.75, 3.05) is 19.7 Å². The van der Waals surface area contributed by atoms with Crippen LogP contribution >= 0.6 is 0 Å². The lowest BCUT2D eigenvalue weighted by Gasteiger charge is -2.26. The van der Waals surface area contributed by atoms with E-state index in [0.717, 1.165) is 0 Å². The van der Waals surface area contributed by atoms with Crippen LogP contribution in [0.5, 0.6) is 0 Å². The average molecular weight is 282 g/mol. The molecule has 112 valence electrons. The molecule has 2 amide bonds. The Morgan fingerprint density at radius 1 is 1.45 bits per heavy atom. The number of carbonyl (C=O) groups excluding carboxylic acids is 2. The normalized spacial score (nSPS) is 10.6. The standard InChI is InChI=1S/C14H22N2O4/c1-11(2)16(8-4-9-17)13(18)6-7-15-14(19)12-5-3-10-20-12/h3,5,10-11,17H,4,6-9H2,1-2H3,(H,15,19). The second kappa shape index (κ2) is 8.37. The zero-order chi connectivity index (χ0) is 15.0. The number of carbonyl (C=O) groups is 2. The number of aliphatic hydroxyl groups is 1. The third-order valence-electron chi connectivity index (χ3n) is 2.87. The molecule has 0 aliphatic carbocycles. The molecule has 0 radical (unpaired) electrons. The monoisotopic (exact) mass is 282 g/mol. The van der Waals surface area contributed by atoms with Crippen molar-refractivity contribution in [1.29, 1.82) is 0 Å². The van der Waals surface area contributed by atoms with Crippen molar-refractivity contribution in [3.63, 3.8) is 0 Å². The molecule has 2 N–H and O–H groups in total. The fourth-order valence-electron chi connectivity index (χ4n) is 1.83. The highest BCUT2D eigenvalue weighted by molar-refractivity contribution is 5.91. The first-order valence-electron chi connectivity index (χ1n) is 6.78. The summed E-state index contributed by atoms with van der Waals surface area (Å²) in [4.78, 5) is 25.3.